The molecular weight excluding hydrogens is 368 g/mol. The molecule has 0 bridgehead atoms. The Morgan fingerprint density at radius 2 is 1.86 bits per heavy atom. The van der Waals surface area contributed by atoms with Crippen molar-refractivity contribution in [2.24, 2.45) is 0 Å². The molecule has 150 valence electrons. The monoisotopic (exact) mass is 392 g/mol. The van der Waals surface area contributed by atoms with Crippen molar-refractivity contribution in [1.29, 1.82) is 0 Å². The van der Waals surface area contributed by atoms with Crippen LogP contribution in [0.15, 0.2) is 65.2 Å². The normalized spacial score (nSPS) is 10.5. The Morgan fingerprint density at radius 3 is 2.66 bits per heavy atom. The Morgan fingerprint density at radius 1 is 1.03 bits per heavy atom. The standard InChI is InChI=1S/C23H24N2O4/c1-28-20-10-5-9-18(15-20)22-16-19(25-29-22)13-14-24-23(27)12-6-11-21(26)17-7-3-2-4-8-17/h2-5,7-10,15-16H,6,11-14H2,1H3,(H,24,27). The lowest BCUT2D eigenvalue weighted by Gasteiger charge is -2.04. The number of carbonyl (C=O) groups is 2. The smallest absolute Gasteiger partial charge is 0.220 e. The predicted molar refractivity (Wildman–Crippen MR) is 110 cm³/mol. The molecule has 0 radical (unpaired) electrons. The van der Waals surface area contributed by atoms with E-state index in [0.29, 0.717) is 43.6 Å². The molecule has 1 N–H and O–H groups in total. The predicted octanol–water partition coefficient (Wildman–Crippen LogP) is 4.06. The van der Waals surface area contributed by atoms with Gasteiger partial charge in [-0.3, -0.25) is 9.59 Å². The number of ketones is 1. The molecule has 3 rings (SSSR count). The van der Waals surface area contributed by atoms with Crippen molar-refractivity contribution in [2.75, 3.05) is 13.7 Å². The molecule has 0 aliphatic carbocycles. The highest BCUT2D eigenvalue weighted by molar-refractivity contribution is 5.96. The van der Waals surface area contributed by atoms with E-state index >= 15 is 0 Å². The fourth-order valence-corrected chi connectivity index (χ4v) is 2.94. The minimum Gasteiger partial charge on any atom is -0.497 e. The topological polar surface area (TPSA) is 81.4 Å². The van der Waals surface area contributed by atoms with Crippen molar-refractivity contribution in [2.45, 2.75) is 25.7 Å². The summed E-state index contributed by atoms with van der Waals surface area (Å²) in [7, 11) is 1.62. The molecule has 1 amide bonds. The number of methoxy groups -OCH3 is 1. The zero-order valence-electron chi connectivity index (χ0n) is 16.4. The van der Waals surface area contributed by atoms with E-state index in [-0.39, 0.29) is 11.7 Å². The maximum absolute atomic E-state index is 12.0. The number of carbonyl (C=O) groups excluding carboxylic acids is 2. The summed E-state index contributed by atoms with van der Waals surface area (Å²) in [6.07, 6.45) is 1.79. The fraction of sp³-hybridized carbons (Fsp3) is 0.261. The number of nitrogens with one attached hydrogen (secondary N) is 1. The van der Waals surface area contributed by atoms with Crippen LogP contribution in [-0.2, 0) is 11.2 Å². The summed E-state index contributed by atoms with van der Waals surface area (Å²) in [5.41, 5.74) is 2.34. The van der Waals surface area contributed by atoms with Crippen LogP contribution in [0.25, 0.3) is 11.3 Å². The Hall–Kier alpha value is -3.41. The second kappa shape index (κ2) is 10.2. The highest BCUT2D eigenvalue weighted by Crippen LogP contribution is 2.24. The highest BCUT2D eigenvalue weighted by atomic mass is 16.5. The van der Waals surface area contributed by atoms with Crippen molar-refractivity contribution in [3.63, 3.8) is 0 Å². The summed E-state index contributed by atoms with van der Waals surface area (Å²) >= 11 is 0. The van der Waals surface area contributed by atoms with Gasteiger partial charge >= 0.3 is 0 Å². The zero-order chi connectivity index (χ0) is 20.5. The van der Waals surface area contributed by atoms with E-state index in [1.807, 2.05) is 48.5 Å². The van der Waals surface area contributed by atoms with Gasteiger partial charge in [-0.15, -0.1) is 0 Å². The van der Waals surface area contributed by atoms with Crippen LogP contribution in [-0.4, -0.2) is 30.5 Å². The molecule has 3 aromatic rings. The van der Waals surface area contributed by atoms with Crippen molar-refractivity contribution in [3.8, 4) is 17.1 Å². The van der Waals surface area contributed by atoms with Crippen LogP contribution in [0.1, 0.15) is 35.3 Å². The highest BCUT2D eigenvalue weighted by Gasteiger charge is 2.10. The van der Waals surface area contributed by atoms with Gasteiger partial charge in [0.05, 0.1) is 12.8 Å². The van der Waals surface area contributed by atoms with Crippen molar-refractivity contribution < 1.29 is 18.8 Å². The average Bonchev–Trinajstić information content (AvgIpc) is 3.23. The molecule has 0 aliphatic heterocycles. The third kappa shape index (κ3) is 6.04. The summed E-state index contributed by atoms with van der Waals surface area (Å²) < 4.78 is 10.6. The van der Waals surface area contributed by atoms with Crippen molar-refractivity contribution in [1.82, 2.24) is 10.5 Å². The summed E-state index contributed by atoms with van der Waals surface area (Å²) in [4.78, 5) is 24.0. The first-order valence-electron chi connectivity index (χ1n) is 9.60. The van der Waals surface area contributed by atoms with Crippen LogP contribution < -0.4 is 10.1 Å². The number of hydrogen-bond donors (Lipinski definition) is 1. The van der Waals surface area contributed by atoms with Gasteiger partial charge in [0, 0.05) is 43.0 Å². The van der Waals surface area contributed by atoms with Gasteiger partial charge in [-0.2, -0.15) is 0 Å². The lowest BCUT2D eigenvalue weighted by atomic mass is 10.1. The third-order valence-electron chi connectivity index (χ3n) is 4.52. The molecule has 1 heterocycles. The lowest BCUT2D eigenvalue weighted by molar-refractivity contribution is -0.121. The maximum atomic E-state index is 12.0. The van der Waals surface area contributed by atoms with Gasteiger partial charge in [0.25, 0.3) is 0 Å². The van der Waals surface area contributed by atoms with E-state index in [1.54, 1.807) is 19.2 Å². The first kappa shape index (κ1) is 20.3. The molecule has 1 aromatic heterocycles. The van der Waals surface area contributed by atoms with E-state index < -0.39 is 0 Å². The largest absolute Gasteiger partial charge is 0.497 e. The van der Waals surface area contributed by atoms with Crippen molar-refractivity contribution >= 4 is 11.7 Å². The van der Waals surface area contributed by atoms with Gasteiger partial charge in [0.1, 0.15) is 5.75 Å². The van der Waals surface area contributed by atoms with Crippen LogP contribution in [0, 0.1) is 0 Å². The quantitative estimate of drug-likeness (QED) is 0.526. The van der Waals surface area contributed by atoms with E-state index in [9.17, 15) is 9.59 Å². The van der Waals surface area contributed by atoms with Crippen LogP contribution in [0.5, 0.6) is 5.75 Å². The van der Waals surface area contributed by atoms with Crippen LogP contribution in [0.2, 0.25) is 0 Å². The molecule has 0 spiro atoms. The Labute approximate surface area is 169 Å². The zero-order valence-corrected chi connectivity index (χ0v) is 16.4. The van der Waals surface area contributed by atoms with E-state index in [2.05, 4.69) is 10.5 Å². The fourth-order valence-electron chi connectivity index (χ4n) is 2.94. The summed E-state index contributed by atoms with van der Waals surface area (Å²) in [6, 6.07) is 18.5. The Balaban J connectivity index is 1.38. The second-order valence-electron chi connectivity index (χ2n) is 6.66. The van der Waals surface area contributed by atoms with Crippen molar-refractivity contribution in [3.05, 3.63) is 71.9 Å². The van der Waals surface area contributed by atoms with E-state index in [0.717, 1.165) is 17.0 Å². The molecule has 0 unspecified atom stereocenters. The molecule has 2 aromatic carbocycles. The van der Waals surface area contributed by atoms with Gasteiger partial charge in [-0.05, 0) is 18.6 Å². The van der Waals surface area contributed by atoms with E-state index in [4.69, 9.17) is 9.26 Å². The number of hydrogen-bond acceptors (Lipinski definition) is 5. The van der Waals surface area contributed by atoms with Crippen LogP contribution >= 0.6 is 0 Å². The van der Waals surface area contributed by atoms with Crippen LogP contribution in [0.4, 0.5) is 0 Å². The third-order valence-corrected chi connectivity index (χ3v) is 4.52. The minimum absolute atomic E-state index is 0.0612. The Kier molecular flexibility index (Phi) is 7.16. The molecule has 0 fully saturated rings. The van der Waals surface area contributed by atoms with E-state index in [1.165, 1.54) is 0 Å². The molecule has 6 nitrogen and oxygen atoms in total. The number of ether oxygens (including phenoxy) is 1. The SMILES string of the molecule is COc1cccc(-c2cc(CCNC(=O)CCCC(=O)c3ccccc3)no2)c1. The maximum Gasteiger partial charge on any atom is 0.220 e. The average molecular weight is 392 g/mol. The minimum atomic E-state index is -0.0672. The first-order chi connectivity index (χ1) is 14.2. The van der Waals surface area contributed by atoms with Gasteiger partial charge in [-0.25, -0.2) is 0 Å². The molecule has 0 aliphatic rings. The summed E-state index contributed by atoms with van der Waals surface area (Å²) in [5, 5.41) is 6.91. The van der Waals surface area contributed by atoms with Crippen LogP contribution in [0.3, 0.4) is 0 Å². The molecule has 6 heteroatoms. The number of benzene rings is 2. The molecule has 0 saturated carbocycles. The molecule has 0 saturated heterocycles. The first-order valence-corrected chi connectivity index (χ1v) is 9.60. The number of aromatic nitrogens is 1. The van der Waals surface area contributed by atoms with Gasteiger partial charge in [0.2, 0.25) is 5.91 Å². The number of amides is 1. The molecule has 0 atom stereocenters. The number of Topliss-reactive ketones (excluding diaryl/α,β-unsaturated/α-hetero) is 1. The Bertz CT molecular complexity index is 950. The van der Waals surface area contributed by atoms with Gasteiger partial charge in [0.15, 0.2) is 11.5 Å². The summed E-state index contributed by atoms with van der Waals surface area (Å²) in [5.74, 6) is 1.40. The second-order valence-corrected chi connectivity index (χ2v) is 6.66. The lowest BCUT2D eigenvalue weighted by Crippen LogP contribution is -2.25. The molecule has 29 heavy (non-hydrogen) atoms. The molecular formula is C23H24N2O4. The summed E-state index contributed by atoms with van der Waals surface area (Å²) in [6.45, 7) is 0.468. The van der Waals surface area contributed by atoms with Gasteiger partial charge < -0.3 is 14.6 Å². The van der Waals surface area contributed by atoms with Gasteiger partial charge in [-0.1, -0.05) is 47.6 Å². The number of rotatable bonds is 10. The number of nitrogens with zero attached hydrogens (tertiary/aromatic N) is 1.